The Labute approximate surface area is 144 Å². The Balaban J connectivity index is 1.66. The molecule has 1 nitrogen and oxygen atoms in total. The van der Waals surface area contributed by atoms with E-state index in [2.05, 4.69) is 72.8 Å². The zero-order valence-electron chi connectivity index (χ0n) is 12.5. The van der Waals surface area contributed by atoms with Gasteiger partial charge in [-0.15, -0.1) is 23.1 Å². The zero-order valence-corrected chi connectivity index (χ0v) is 14.1. The van der Waals surface area contributed by atoms with Crippen molar-refractivity contribution in [3.05, 3.63) is 84.4 Å². The first-order valence-corrected chi connectivity index (χ1v) is 9.32. The molecular weight excluding hydrogens is 318 g/mol. The van der Waals surface area contributed by atoms with Gasteiger partial charge in [-0.1, -0.05) is 60.7 Å². The van der Waals surface area contributed by atoms with Crippen molar-refractivity contribution in [2.24, 2.45) is 0 Å². The van der Waals surface area contributed by atoms with E-state index < -0.39 is 0 Å². The number of fused-ring (bicyclic) bond motifs is 1. The van der Waals surface area contributed by atoms with Crippen LogP contribution in [-0.2, 0) is 5.75 Å². The van der Waals surface area contributed by atoms with Crippen LogP contribution in [0.25, 0.3) is 20.8 Å². The van der Waals surface area contributed by atoms with Crippen molar-refractivity contribution in [3.8, 4) is 10.6 Å². The molecule has 0 atom stereocenters. The van der Waals surface area contributed by atoms with Crippen LogP contribution in [0.3, 0.4) is 0 Å². The minimum Gasteiger partial charge on any atom is -0.236 e. The van der Waals surface area contributed by atoms with Gasteiger partial charge in [-0.25, -0.2) is 4.98 Å². The molecule has 0 N–H and O–H groups in total. The van der Waals surface area contributed by atoms with Gasteiger partial charge in [0.2, 0.25) is 0 Å². The van der Waals surface area contributed by atoms with E-state index in [9.17, 15) is 0 Å². The summed E-state index contributed by atoms with van der Waals surface area (Å²) in [6.07, 6.45) is 0. The maximum Gasteiger partial charge on any atom is 0.125 e. The third-order valence-corrected chi connectivity index (χ3v) is 5.86. The summed E-state index contributed by atoms with van der Waals surface area (Å²) >= 11 is 3.63. The van der Waals surface area contributed by atoms with Crippen LogP contribution in [0, 0.1) is 0 Å². The number of benzene rings is 3. The fourth-order valence-corrected chi connectivity index (χ4v) is 4.57. The average molecular weight is 333 g/mol. The summed E-state index contributed by atoms with van der Waals surface area (Å²) in [7, 11) is 0. The molecule has 0 saturated heterocycles. The summed E-state index contributed by atoms with van der Waals surface area (Å²) < 4.78 is 1.24. The molecule has 0 fully saturated rings. The first-order chi connectivity index (χ1) is 11.4. The van der Waals surface area contributed by atoms with Crippen molar-refractivity contribution in [1.82, 2.24) is 4.98 Å². The number of nitrogens with zero attached hydrogens (tertiary/aromatic N) is 1. The van der Waals surface area contributed by atoms with Gasteiger partial charge in [0.1, 0.15) is 5.01 Å². The van der Waals surface area contributed by atoms with Crippen LogP contribution >= 0.6 is 23.1 Å². The second kappa shape index (κ2) is 6.57. The standard InChI is InChI=1S/C20H15NS2/c1-2-8-15(9-3-1)14-22-18-12-6-4-10-16(18)20-21-17-11-5-7-13-19(17)23-20/h1-13H,14H2. The number of para-hydroxylation sites is 1. The molecule has 3 heteroatoms. The van der Waals surface area contributed by atoms with E-state index in [0.717, 1.165) is 16.3 Å². The molecule has 0 aliphatic carbocycles. The lowest BCUT2D eigenvalue weighted by molar-refractivity contribution is 1.36. The van der Waals surface area contributed by atoms with E-state index >= 15 is 0 Å². The number of hydrogen-bond acceptors (Lipinski definition) is 3. The largest absolute Gasteiger partial charge is 0.236 e. The van der Waals surface area contributed by atoms with Gasteiger partial charge in [0.15, 0.2) is 0 Å². The molecule has 0 aliphatic heterocycles. The monoisotopic (exact) mass is 333 g/mol. The van der Waals surface area contributed by atoms with Crippen molar-refractivity contribution in [2.75, 3.05) is 0 Å². The SMILES string of the molecule is c1ccc(CSc2ccccc2-c2nc3ccccc3s2)cc1. The number of aromatic nitrogens is 1. The van der Waals surface area contributed by atoms with Gasteiger partial charge in [0.25, 0.3) is 0 Å². The molecule has 0 bridgehead atoms. The minimum atomic E-state index is 0.975. The number of rotatable bonds is 4. The molecule has 1 aromatic heterocycles. The Kier molecular flexibility index (Phi) is 4.14. The molecule has 4 rings (SSSR count). The normalized spacial score (nSPS) is 11.0. The predicted molar refractivity (Wildman–Crippen MR) is 101 cm³/mol. The molecular formula is C20H15NS2. The topological polar surface area (TPSA) is 12.9 Å². The summed E-state index contributed by atoms with van der Waals surface area (Å²) in [5.74, 6) is 0.975. The first kappa shape index (κ1) is 14.5. The van der Waals surface area contributed by atoms with Gasteiger partial charge in [-0.2, -0.15) is 0 Å². The lowest BCUT2D eigenvalue weighted by Gasteiger charge is -2.07. The smallest absolute Gasteiger partial charge is 0.125 e. The molecule has 0 amide bonds. The Hall–Kier alpha value is -2.10. The van der Waals surface area contributed by atoms with E-state index in [4.69, 9.17) is 4.98 Å². The summed E-state index contributed by atoms with van der Waals surface area (Å²) in [6, 6.07) is 27.5. The van der Waals surface area contributed by atoms with Gasteiger partial charge in [-0.3, -0.25) is 0 Å². The summed E-state index contributed by atoms with van der Waals surface area (Å²) in [4.78, 5) is 6.09. The van der Waals surface area contributed by atoms with Crippen molar-refractivity contribution in [2.45, 2.75) is 10.6 Å². The zero-order chi connectivity index (χ0) is 15.5. The average Bonchev–Trinajstić information content (AvgIpc) is 3.05. The fourth-order valence-electron chi connectivity index (χ4n) is 2.49. The molecule has 112 valence electrons. The molecule has 3 aromatic carbocycles. The Morgan fingerprint density at radius 2 is 1.52 bits per heavy atom. The van der Waals surface area contributed by atoms with Gasteiger partial charge in [0.05, 0.1) is 10.2 Å². The first-order valence-electron chi connectivity index (χ1n) is 7.52. The van der Waals surface area contributed by atoms with E-state index in [1.165, 1.54) is 20.7 Å². The maximum absolute atomic E-state index is 4.80. The predicted octanol–water partition coefficient (Wildman–Crippen LogP) is 6.26. The molecule has 0 radical (unpaired) electrons. The molecule has 1 heterocycles. The highest BCUT2D eigenvalue weighted by Crippen LogP contribution is 2.37. The van der Waals surface area contributed by atoms with Crippen molar-refractivity contribution in [1.29, 1.82) is 0 Å². The molecule has 0 saturated carbocycles. The van der Waals surface area contributed by atoms with Crippen LogP contribution in [0.4, 0.5) is 0 Å². The van der Waals surface area contributed by atoms with Crippen LogP contribution in [-0.4, -0.2) is 4.98 Å². The van der Waals surface area contributed by atoms with Crippen LogP contribution in [0.2, 0.25) is 0 Å². The Morgan fingerprint density at radius 3 is 2.39 bits per heavy atom. The van der Waals surface area contributed by atoms with Gasteiger partial charge >= 0.3 is 0 Å². The maximum atomic E-state index is 4.80. The minimum absolute atomic E-state index is 0.975. The highest BCUT2D eigenvalue weighted by atomic mass is 32.2. The number of thioether (sulfide) groups is 1. The second-order valence-electron chi connectivity index (χ2n) is 5.26. The third kappa shape index (κ3) is 3.16. The lowest BCUT2D eigenvalue weighted by Crippen LogP contribution is -1.83. The summed E-state index contributed by atoms with van der Waals surface area (Å²) in [5, 5.41) is 1.10. The molecule has 0 spiro atoms. The highest BCUT2D eigenvalue weighted by molar-refractivity contribution is 7.98. The highest BCUT2D eigenvalue weighted by Gasteiger charge is 2.10. The molecule has 0 unspecified atom stereocenters. The number of hydrogen-bond donors (Lipinski definition) is 0. The molecule has 4 aromatic rings. The van der Waals surface area contributed by atoms with Gasteiger partial charge in [-0.05, 0) is 23.8 Å². The van der Waals surface area contributed by atoms with Gasteiger partial charge < -0.3 is 0 Å². The van der Waals surface area contributed by atoms with Gasteiger partial charge in [0, 0.05) is 16.2 Å². The summed E-state index contributed by atoms with van der Waals surface area (Å²) in [6.45, 7) is 0. The van der Waals surface area contributed by atoms with E-state index in [-0.39, 0.29) is 0 Å². The van der Waals surface area contributed by atoms with Crippen molar-refractivity contribution < 1.29 is 0 Å². The van der Waals surface area contributed by atoms with Crippen molar-refractivity contribution in [3.63, 3.8) is 0 Å². The summed E-state index contributed by atoms with van der Waals surface area (Å²) in [5.41, 5.74) is 3.65. The van der Waals surface area contributed by atoms with Crippen molar-refractivity contribution >= 4 is 33.3 Å². The van der Waals surface area contributed by atoms with Crippen LogP contribution < -0.4 is 0 Å². The van der Waals surface area contributed by atoms with Crippen LogP contribution in [0.5, 0.6) is 0 Å². The van der Waals surface area contributed by atoms with Crippen LogP contribution in [0.1, 0.15) is 5.56 Å². The molecule has 23 heavy (non-hydrogen) atoms. The second-order valence-corrected chi connectivity index (χ2v) is 7.31. The molecule has 0 aliphatic rings. The van der Waals surface area contributed by atoms with E-state index in [0.29, 0.717) is 0 Å². The Bertz CT molecular complexity index is 895. The quantitative estimate of drug-likeness (QED) is 0.409. The van der Waals surface area contributed by atoms with E-state index in [1.54, 1.807) is 11.3 Å². The van der Waals surface area contributed by atoms with Crippen LogP contribution in [0.15, 0.2) is 83.8 Å². The number of thiazole rings is 1. The lowest BCUT2D eigenvalue weighted by atomic mass is 10.2. The van der Waals surface area contributed by atoms with E-state index in [1.807, 2.05) is 17.8 Å². The fraction of sp³-hybridized carbons (Fsp3) is 0.0500. The third-order valence-electron chi connectivity index (χ3n) is 3.65. The Morgan fingerprint density at radius 1 is 0.783 bits per heavy atom.